The van der Waals surface area contributed by atoms with Gasteiger partial charge in [0.05, 0.1) is 156 Å². The van der Waals surface area contributed by atoms with Crippen LogP contribution < -0.4 is 23.7 Å². The number of fused-ring (bicyclic) bond motifs is 12. The molecule has 0 radical (unpaired) electrons. The molecule has 96 heavy (non-hydrogen) atoms. The minimum atomic E-state index is -0.615. The minimum absolute atomic E-state index is 0.187. The van der Waals surface area contributed by atoms with Gasteiger partial charge in [0.15, 0.2) is 0 Å². The predicted molar refractivity (Wildman–Crippen MR) is 350 cm³/mol. The van der Waals surface area contributed by atoms with Gasteiger partial charge in [-0.2, -0.15) is 30.6 Å². The van der Waals surface area contributed by atoms with Crippen molar-refractivity contribution in [1.82, 2.24) is 74.9 Å². The predicted octanol–water partition coefficient (Wildman–Crippen LogP) is 9.95. The number of ether oxygens (including phenoxy) is 9. The Labute approximate surface area is 545 Å². The molecule has 3 aliphatic rings. The molecule has 12 heterocycles. The number of carbonyl (C=O) groups is 3. The first-order chi connectivity index (χ1) is 47.0. The molecule has 9 aromatic heterocycles. The maximum Gasteiger partial charge on any atom is 0.338 e. The van der Waals surface area contributed by atoms with Gasteiger partial charge in [-0.15, -0.1) is 0 Å². The average molecular weight is 1290 g/mol. The molecule has 0 unspecified atom stereocenters. The maximum atomic E-state index is 14.3. The van der Waals surface area contributed by atoms with Gasteiger partial charge in [-0.05, 0) is 97.1 Å². The van der Waals surface area contributed by atoms with E-state index in [2.05, 4.69) is 45.8 Å². The maximum absolute atomic E-state index is 14.3. The van der Waals surface area contributed by atoms with Crippen molar-refractivity contribution in [3.63, 3.8) is 0 Å². The highest BCUT2D eigenvalue weighted by atomic mass is 16.5. The van der Waals surface area contributed by atoms with Gasteiger partial charge >= 0.3 is 17.9 Å². The molecule has 0 saturated heterocycles. The number of nitrogens with zero attached hydrogens (tertiary/aromatic N) is 12. The fourth-order valence-corrected chi connectivity index (χ4v) is 11.6. The number of aromatic amines is 3. The minimum Gasteiger partial charge on any atom is -0.493 e. The van der Waals surface area contributed by atoms with Crippen LogP contribution >= 0.6 is 0 Å². The largest absolute Gasteiger partial charge is 0.493 e. The van der Waals surface area contributed by atoms with Crippen molar-refractivity contribution in [2.75, 3.05) is 46.8 Å². The van der Waals surface area contributed by atoms with Gasteiger partial charge in [0, 0.05) is 72.4 Å². The smallest absolute Gasteiger partial charge is 0.338 e. The molecular weight excluding hydrogens is 1230 g/mol. The normalized spacial score (nSPS) is 14.9. The highest BCUT2D eigenvalue weighted by Gasteiger charge is 2.26. The van der Waals surface area contributed by atoms with Gasteiger partial charge in [0.25, 0.3) is 0 Å². The van der Waals surface area contributed by atoms with E-state index in [0.717, 1.165) is 27.7 Å². The number of methoxy groups -OCH3 is 1. The molecule has 6 bridgehead atoms. The van der Waals surface area contributed by atoms with E-state index in [4.69, 9.17) is 57.7 Å². The molecule has 12 aromatic rings. The lowest BCUT2D eigenvalue weighted by Crippen LogP contribution is -2.11. The Morgan fingerprint density at radius 3 is 1.78 bits per heavy atom. The summed E-state index contributed by atoms with van der Waals surface area (Å²) in [5.41, 5.74) is 11.9. The second-order valence-electron chi connectivity index (χ2n) is 22.7. The van der Waals surface area contributed by atoms with Gasteiger partial charge in [0.2, 0.25) is 11.8 Å². The van der Waals surface area contributed by atoms with Crippen LogP contribution in [0.25, 0.3) is 103 Å². The van der Waals surface area contributed by atoms with E-state index >= 15 is 0 Å². The Morgan fingerprint density at radius 1 is 0.500 bits per heavy atom. The summed E-state index contributed by atoms with van der Waals surface area (Å²) in [4.78, 5) is 55.4. The summed E-state index contributed by atoms with van der Waals surface area (Å²) in [6.45, 7) is 1.24. The molecule has 3 aromatic carbocycles. The summed E-state index contributed by atoms with van der Waals surface area (Å²) < 4.78 is 59.8. The first kappa shape index (κ1) is 60.0. The number of benzene rings is 3. The van der Waals surface area contributed by atoms with Gasteiger partial charge in [-0.25, -0.2) is 28.7 Å². The lowest BCUT2D eigenvalue weighted by molar-refractivity contribution is 0.0459. The molecular formula is C69H59N15O12. The van der Waals surface area contributed by atoms with Crippen molar-refractivity contribution >= 4 is 87.1 Å². The molecule has 0 atom stereocenters. The topological polar surface area (TPSA) is 312 Å². The monoisotopic (exact) mass is 1290 g/mol. The summed E-state index contributed by atoms with van der Waals surface area (Å²) in [5, 5.41) is 39.1. The molecule has 0 saturated carbocycles. The summed E-state index contributed by atoms with van der Waals surface area (Å²) in [7, 11) is 6.71. The number of hydrogen-bond acceptors (Lipinski definition) is 21. The molecule has 27 nitrogen and oxygen atoms in total. The van der Waals surface area contributed by atoms with Crippen LogP contribution in [-0.2, 0) is 59.9 Å². The summed E-state index contributed by atoms with van der Waals surface area (Å²) in [6.07, 6.45) is 18.9. The highest BCUT2D eigenvalue weighted by Crippen LogP contribution is 2.38. The molecule has 0 fully saturated rings. The van der Waals surface area contributed by atoms with Gasteiger partial charge < -0.3 is 42.6 Å². The van der Waals surface area contributed by atoms with E-state index in [0.29, 0.717) is 144 Å². The highest BCUT2D eigenvalue weighted by molar-refractivity contribution is 5.98. The standard InChI is InChI=1S/C69H59N15O12/c1-82-59-37-89-23-24-92-62-26-42(67(85)88-4)9-7-39(62)12-16-51-46-30-53(47(59)31-72-82)74-58(64(46)80-77-51)36-96-68(86)41-14-18-60-40(25-41)13-17-50-45-29-54(71-34-56(45)79-76-50)63-57(81-84(3)66(63)94-22-5-19-90-60)35-95-69(87)43-10-8-38-11-15-49-44-28-52(70-33-55(44)78-75-49)48-32-73-83(2)65(48)93-21-6-20-91-61(38)27-43/h7-18,25-34H,5-6,19-24,35-37H2,1-4H3,(H,75,78)(H,76,79)(H,77,80)/b15-11+,16-12+,17-13+. The summed E-state index contributed by atoms with van der Waals surface area (Å²) in [6, 6.07) is 21.0. The first-order valence-corrected chi connectivity index (χ1v) is 30.8. The van der Waals surface area contributed by atoms with E-state index in [1.165, 1.54) is 7.11 Å². The van der Waals surface area contributed by atoms with Crippen LogP contribution in [0.1, 0.15) is 94.8 Å². The number of pyridine rings is 3. The first-order valence-electron chi connectivity index (χ1n) is 30.8. The van der Waals surface area contributed by atoms with Crippen LogP contribution in [0.3, 0.4) is 0 Å². The van der Waals surface area contributed by atoms with E-state index in [1.54, 1.807) is 100 Å². The van der Waals surface area contributed by atoms with E-state index < -0.39 is 17.9 Å². The third kappa shape index (κ3) is 11.8. The van der Waals surface area contributed by atoms with Crippen molar-refractivity contribution in [3.8, 4) is 62.8 Å². The number of rotatable bonds is 7. The van der Waals surface area contributed by atoms with Gasteiger partial charge in [-0.1, -0.05) is 12.1 Å². The zero-order chi connectivity index (χ0) is 65.4. The van der Waals surface area contributed by atoms with E-state index in [1.807, 2.05) is 68.8 Å². The number of H-pyrrole nitrogens is 3. The molecule has 0 aliphatic carbocycles. The number of hydrogen-bond donors (Lipinski definition) is 3. The zero-order valence-electron chi connectivity index (χ0n) is 52.2. The van der Waals surface area contributed by atoms with Crippen molar-refractivity contribution in [2.45, 2.75) is 32.7 Å². The van der Waals surface area contributed by atoms with Gasteiger partial charge in [-0.3, -0.25) is 29.9 Å². The van der Waals surface area contributed by atoms with Crippen molar-refractivity contribution < 1.29 is 57.0 Å². The third-order valence-electron chi connectivity index (χ3n) is 16.6. The van der Waals surface area contributed by atoms with Crippen molar-refractivity contribution in [3.05, 3.63) is 165 Å². The quantitative estimate of drug-likeness (QED) is 0.0986. The van der Waals surface area contributed by atoms with Crippen LogP contribution in [-0.4, -0.2) is 140 Å². The Kier molecular flexibility index (Phi) is 16.0. The number of aryl methyl sites for hydroxylation is 3. The summed E-state index contributed by atoms with van der Waals surface area (Å²) in [5.74, 6) is 0.689. The van der Waals surface area contributed by atoms with Gasteiger partial charge in [0.1, 0.15) is 48.5 Å². The SMILES string of the molecule is COC(=O)c1ccc2c(c1)OCCOCc1c(cnn1C)-c1cc3c(n[nH]c3c(COC(=O)c3ccc4c(c3)/C=C/c3n[nH]c5cnc(cc35)-c3c(COC(=O)c5ccc6c(c5)OCCCOc5c(cnn5C)-c5cc7c(n[nH]c7cn5)/C=C/6)nn(C)c3OCCCO4)n1)/C=C/2. The number of esters is 3. The lowest BCUT2D eigenvalue weighted by atomic mass is 10.1. The molecule has 27 heteroatoms. The molecule has 3 aliphatic heterocycles. The molecule has 482 valence electrons. The second kappa shape index (κ2) is 25.7. The zero-order valence-corrected chi connectivity index (χ0v) is 52.2. The third-order valence-corrected chi connectivity index (χ3v) is 16.6. The number of carbonyl (C=O) groups excluding carboxylic acids is 3. The fourth-order valence-electron chi connectivity index (χ4n) is 11.6. The Morgan fingerprint density at radius 2 is 1.06 bits per heavy atom. The van der Waals surface area contributed by atoms with Crippen LogP contribution in [0.4, 0.5) is 0 Å². The van der Waals surface area contributed by atoms with E-state index in [-0.39, 0.29) is 64.0 Å². The van der Waals surface area contributed by atoms with Crippen LogP contribution in [0.15, 0.2) is 97.6 Å². The number of nitrogens with one attached hydrogen (secondary N) is 3. The Bertz CT molecular complexity index is 5140. The Hall–Kier alpha value is -12.3. The molecule has 3 N–H and O–H groups in total. The lowest BCUT2D eigenvalue weighted by Gasteiger charge is -2.13. The van der Waals surface area contributed by atoms with Crippen LogP contribution in [0, 0.1) is 0 Å². The molecule has 0 spiro atoms. The van der Waals surface area contributed by atoms with Crippen molar-refractivity contribution in [1.29, 1.82) is 0 Å². The summed E-state index contributed by atoms with van der Waals surface area (Å²) >= 11 is 0. The molecule has 0 amide bonds. The van der Waals surface area contributed by atoms with E-state index in [9.17, 15) is 14.4 Å². The average Bonchev–Trinajstić information content (AvgIpc) is 1.62. The fraction of sp³-hybridized carbons (Fsp3) is 0.217. The number of aromatic nitrogens is 15. The van der Waals surface area contributed by atoms with Crippen LogP contribution in [0.5, 0.6) is 29.0 Å². The Balaban J connectivity index is 0.677. The van der Waals surface area contributed by atoms with Crippen molar-refractivity contribution in [2.24, 2.45) is 21.1 Å². The second-order valence-corrected chi connectivity index (χ2v) is 22.7. The van der Waals surface area contributed by atoms with Crippen LogP contribution in [0.2, 0.25) is 0 Å². The molecule has 15 rings (SSSR count).